The first kappa shape index (κ1) is 19.2. The van der Waals surface area contributed by atoms with Crippen molar-refractivity contribution in [3.63, 3.8) is 0 Å². The molecule has 0 aliphatic rings. The Bertz CT molecular complexity index is 878. The summed E-state index contributed by atoms with van der Waals surface area (Å²) in [5, 5.41) is 5.32. The van der Waals surface area contributed by atoms with Crippen molar-refractivity contribution >= 4 is 11.8 Å². The third-order valence-electron chi connectivity index (χ3n) is 4.00. The van der Waals surface area contributed by atoms with Crippen LogP contribution in [0, 0.1) is 0 Å². The number of aromatic nitrogens is 2. The van der Waals surface area contributed by atoms with Gasteiger partial charge in [0.2, 0.25) is 5.91 Å². The third-order valence-corrected chi connectivity index (χ3v) is 4.00. The number of hydrogen-bond acceptors (Lipinski definition) is 4. The molecule has 0 atom stereocenters. The van der Waals surface area contributed by atoms with E-state index in [1.165, 1.54) is 0 Å². The molecule has 3 rings (SSSR count). The Morgan fingerprint density at radius 2 is 1.68 bits per heavy atom. The van der Waals surface area contributed by atoms with E-state index in [0.29, 0.717) is 12.3 Å². The number of benzene rings is 2. The van der Waals surface area contributed by atoms with Crippen molar-refractivity contribution in [2.75, 3.05) is 13.2 Å². The van der Waals surface area contributed by atoms with Gasteiger partial charge < -0.3 is 19.9 Å². The fourth-order valence-corrected chi connectivity index (χ4v) is 2.51. The van der Waals surface area contributed by atoms with Crippen molar-refractivity contribution in [2.45, 2.75) is 13.1 Å². The van der Waals surface area contributed by atoms with Crippen molar-refractivity contribution in [3.05, 3.63) is 84.4 Å². The number of para-hydroxylation sites is 1. The maximum absolute atomic E-state index is 11.9. The zero-order valence-corrected chi connectivity index (χ0v) is 15.4. The third kappa shape index (κ3) is 6.28. The van der Waals surface area contributed by atoms with Gasteiger partial charge in [-0.2, -0.15) is 0 Å². The fourth-order valence-electron chi connectivity index (χ4n) is 2.51. The summed E-state index contributed by atoms with van der Waals surface area (Å²) >= 11 is 0. The molecule has 0 aliphatic carbocycles. The Morgan fingerprint density at radius 1 is 0.929 bits per heavy atom. The molecule has 7 heteroatoms. The lowest BCUT2D eigenvalue weighted by atomic mass is 10.1. The summed E-state index contributed by atoms with van der Waals surface area (Å²) in [5.41, 5.74) is 2.14. The number of carbonyl (C=O) groups is 2. The maximum Gasteiger partial charge on any atom is 0.258 e. The number of rotatable bonds is 9. The molecule has 3 aromatic rings. The highest BCUT2D eigenvalue weighted by Crippen LogP contribution is 2.08. The zero-order valence-electron chi connectivity index (χ0n) is 15.4. The second kappa shape index (κ2) is 9.91. The molecule has 28 heavy (non-hydrogen) atoms. The van der Waals surface area contributed by atoms with Crippen molar-refractivity contribution in [3.8, 4) is 5.75 Å². The lowest BCUT2D eigenvalue weighted by molar-refractivity contribution is -0.127. The van der Waals surface area contributed by atoms with Gasteiger partial charge in [0.25, 0.3) is 5.91 Å². The van der Waals surface area contributed by atoms with E-state index in [1.54, 1.807) is 24.7 Å². The minimum Gasteiger partial charge on any atom is -0.484 e. The van der Waals surface area contributed by atoms with Gasteiger partial charge in [-0.05, 0) is 23.3 Å². The van der Waals surface area contributed by atoms with Gasteiger partial charge in [-0.1, -0.05) is 42.5 Å². The number of hydrogen-bond donors (Lipinski definition) is 2. The molecule has 2 amide bonds. The van der Waals surface area contributed by atoms with Gasteiger partial charge in [0.1, 0.15) is 5.75 Å². The Morgan fingerprint density at radius 3 is 2.39 bits per heavy atom. The van der Waals surface area contributed by atoms with Gasteiger partial charge in [-0.25, -0.2) is 4.98 Å². The first-order chi connectivity index (χ1) is 13.7. The molecule has 2 aromatic carbocycles. The Balaban J connectivity index is 1.34. The molecule has 2 N–H and O–H groups in total. The van der Waals surface area contributed by atoms with Crippen LogP contribution in [0.15, 0.2) is 73.3 Å². The molecule has 0 fully saturated rings. The summed E-state index contributed by atoms with van der Waals surface area (Å²) in [6.07, 6.45) is 5.43. The lowest BCUT2D eigenvalue weighted by Crippen LogP contribution is -2.38. The monoisotopic (exact) mass is 378 g/mol. The predicted octanol–water partition coefficient (Wildman–Crippen LogP) is 1.74. The molecule has 1 aromatic heterocycles. The molecule has 0 bridgehead atoms. The smallest absolute Gasteiger partial charge is 0.258 e. The van der Waals surface area contributed by atoms with Crippen LogP contribution in [-0.2, 0) is 22.7 Å². The largest absolute Gasteiger partial charge is 0.484 e. The average molecular weight is 378 g/mol. The quantitative estimate of drug-likeness (QED) is 0.594. The number of nitrogens with zero attached hydrogens (tertiary/aromatic N) is 2. The van der Waals surface area contributed by atoms with Gasteiger partial charge in [-0.3, -0.25) is 9.59 Å². The van der Waals surface area contributed by atoms with Crippen LogP contribution in [0.3, 0.4) is 0 Å². The van der Waals surface area contributed by atoms with Crippen molar-refractivity contribution in [1.82, 2.24) is 20.2 Å². The number of ether oxygens (including phenoxy) is 1. The highest BCUT2D eigenvalue weighted by Gasteiger charge is 2.06. The van der Waals surface area contributed by atoms with Crippen LogP contribution in [0.4, 0.5) is 0 Å². The van der Waals surface area contributed by atoms with Crippen LogP contribution in [-0.4, -0.2) is 34.5 Å². The van der Waals surface area contributed by atoms with Crippen LogP contribution in [0.5, 0.6) is 5.75 Å². The second-order valence-corrected chi connectivity index (χ2v) is 6.21. The molecular formula is C21H22N4O3. The predicted molar refractivity (Wildman–Crippen MR) is 105 cm³/mol. The highest BCUT2D eigenvalue weighted by molar-refractivity contribution is 5.85. The molecule has 0 saturated heterocycles. The van der Waals surface area contributed by atoms with Gasteiger partial charge in [0, 0.05) is 25.5 Å². The van der Waals surface area contributed by atoms with Crippen LogP contribution in [0.2, 0.25) is 0 Å². The van der Waals surface area contributed by atoms with E-state index in [1.807, 2.05) is 53.2 Å². The fraction of sp³-hybridized carbons (Fsp3) is 0.190. The standard InChI is InChI=1S/C21H22N4O3/c26-20(13-24-21(27)15-28-19-4-2-1-3-5-19)23-12-17-6-8-18(9-7-17)14-25-11-10-22-16-25/h1-11,16H,12-15H2,(H,23,26)(H,24,27). The molecular weight excluding hydrogens is 356 g/mol. The first-order valence-corrected chi connectivity index (χ1v) is 8.94. The molecule has 0 saturated carbocycles. The van der Waals surface area contributed by atoms with Gasteiger partial charge in [0.05, 0.1) is 12.9 Å². The van der Waals surface area contributed by atoms with Crippen LogP contribution >= 0.6 is 0 Å². The van der Waals surface area contributed by atoms with Crippen LogP contribution < -0.4 is 15.4 Å². The molecule has 0 radical (unpaired) electrons. The number of imidazole rings is 1. The normalized spacial score (nSPS) is 10.3. The van der Waals surface area contributed by atoms with E-state index >= 15 is 0 Å². The number of carbonyl (C=O) groups excluding carboxylic acids is 2. The van der Waals surface area contributed by atoms with Crippen molar-refractivity contribution in [1.29, 1.82) is 0 Å². The van der Waals surface area contributed by atoms with E-state index in [4.69, 9.17) is 4.74 Å². The van der Waals surface area contributed by atoms with Crippen LogP contribution in [0.25, 0.3) is 0 Å². The molecule has 0 spiro atoms. The molecule has 144 valence electrons. The topological polar surface area (TPSA) is 85.3 Å². The van der Waals surface area contributed by atoms with Crippen molar-refractivity contribution in [2.24, 2.45) is 0 Å². The average Bonchev–Trinajstić information content (AvgIpc) is 3.24. The molecule has 1 heterocycles. The highest BCUT2D eigenvalue weighted by atomic mass is 16.5. The summed E-state index contributed by atoms with van der Waals surface area (Å²) in [5.74, 6) is 0.0111. The minimum absolute atomic E-state index is 0.0876. The maximum atomic E-state index is 11.9. The summed E-state index contributed by atoms with van der Waals surface area (Å²) < 4.78 is 7.32. The summed E-state index contributed by atoms with van der Waals surface area (Å²) in [4.78, 5) is 27.7. The minimum atomic E-state index is -0.345. The lowest BCUT2D eigenvalue weighted by Gasteiger charge is -2.09. The first-order valence-electron chi connectivity index (χ1n) is 8.94. The van der Waals surface area contributed by atoms with Gasteiger partial charge in [0.15, 0.2) is 6.61 Å². The van der Waals surface area contributed by atoms with Crippen LogP contribution in [0.1, 0.15) is 11.1 Å². The molecule has 7 nitrogen and oxygen atoms in total. The van der Waals surface area contributed by atoms with E-state index < -0.39 is 0 Å². The second-order valence-electron chi connectivity index (χ2n) is 6.21. The molecule has 0 aliphatic heterocycles. The summed E-state index contributed by atoms with van der Waals surface area (Å²) in [6, 6.07) is 17.0. The Hall–Kier alpha value is -3.61. The van der Waals surface area contributed by atoms with E-state index in [0.717, 1.165) is 17.7 Å². The SMILES string of the molecule is O=C(CNC(=O)COc1ccccc1)NCc1ccc(Cn2ccnc2)cc1. The van der Waals surface area contributed by atoms with E-state index in [-0.39, 0.29) is 25.0 Å². The van der Waals surface area contributed by atoms with E-state index in [2.05, 4.69) is 15.6 Å². The summed E-state index contributed by atoms with van der Waals surface area (Å²) in [7, 11) is 0. The Labute approximate surface area is 163 Å². The summed E-state index contributed by atoms with van der Waals surface area (Å²) in [6.45, 7) is 0.940. The van der Waals surface area contributed by atoms with Gasteiger partial charge in [-0.15, -0.1) is 0 Å². The Kier molecular flexibility index (Phi) is 6.78. The molecule has 0 unspecified atom stereocenters. The van der Waals surface area contributed by atoms with Gasteiger partial charge >= 0.3 is 0 Å². The van der Waals surface area contributed by atoms with E-state index in [9.17, 15) is 9.59 Å². The van der Waals surface area contributed by atoms with Crippen molar-refractivity contribution < 1.29 is 14.3 Å². The zero-order chi connectivity index (χ0) is 19.6. The number of amides is 2. The number of nitrogens with one attached hydrogen (secondary N) is 2.